The molecule has 4 nitrogen and oxygen atoms in total. The van der Waals surface area contributed by atoms with Crippen LogP contribution in [0.25, 0.3) is 0 Å². The molecule has 5 heteroatoms. The lowest BCUT2D eigenvalue weighted by atomic mass is 9.79. The lowest BCUT2D eigenvalue weighted by Gasteiger charge is -2.37. The molecule has 1 aliphatic rings. The minimum Gasteiger partial charge on any atom is -0.384 e. The Hall–Kier alpha value is -0.660. The van der Waals surface area contributed by atoms with Gasteiger partial charge in [-0.15, -0.1) is 0 Å². The third-order valence-electron chi connectivity index (χ3n) is 3.85. The second kappa shape index (κ2) is 7.38. The van der Waals surface area contributed by atoms with Crippen LogP contribution in [0.1, 0.15) is 23.2 Å². The molecule has 1 fully saturated rings. The van der Waals surface area contributed by atoms with Crippen LogP contribution in [-0.2, 0) is 4.74 Å². The molecule has 0 aromatic heterocycles. The van der Waals surface area contributed by atoms with Gasteiger partial charge in [-0.05, 0) is 72.8 Å². The highest BCUT2D eigenvalue weighted by molar-refractivity contribution is 14.1. The van der Waals surface area contributed by atoms with Crippen molar-refractivity contribution in [2.75, 3.05) is 33.4 Å². The maximum absolute atomic E-state index is 12.2. The zero-order chi connectivity index (χ0) is 14.4. The van der Waals surface area contributed by atoms with E-state index < -0.39 is 0 Å². The maximum atomic E-state index is 12.2. The summed E-state index contributed by atoms with van der Waals surface area (Å²) in [6.45, 7) is 3.35. The average molecular weight is 388 g/mol. The number of halogens is 1. The quantitative estimate of drug-likeness (QED) is 0.760. The first kappa shape index (κ1) is 15.7. The summed E-state index contributed by atoms with van der Waals surface area (Å²) in [4.78, 5) is 12.2. The largest absolute Gasteiger partial charge is 0.384 e. The molecule has 1 heterocycles. The first-order valence-electron chi connectivity index (χ1n) is 6.89. The van der Waals surface area contributed by atoms with E-state index in [1.165, 1.54) is 0 Å². The number of rotatable bonds is 5. The van der Waals surface area contributed by atoms with Crippen LogP contribution in [0.3, 0.4) is 0 Å². The van der Waals surface area contributed by atoms with E-state index in [9.17, 15) is 4.79 Å². The SMILES string of the molecule is COCC1(CNC(=O)c2ccc(I)cc2)CCNCC1. The molecular weight excluding hydrogens is 367 g/mol. The first-order chi connectivity index (χ1) is 9.65. The van der Waals surface area contributed by atoms with Gasteiger partial charge >= 0.3 is 0 Å². The van der Waals surface area contributed by atoms with E-state index in [0.717, 1.165) is 29.5 Å². The Morgan fingerprint density at radius 2 is 2.00 bits per heavy atom. The third kappa shape index (κ3) is 4.17. The van der Waals surface area contributed by atoms with Crippen LogP contribution in [0, 0.1) is 8.99 Å². The fraction of sp³-hybridized carbons (Fsp3) is 0.533. The number of benzene rings is 1. The second-order valence-corrected chi connectivity index (χ2v) is 6.62. The van der Waals surface area contributed by atoms with E-state index in [1.807, 2.05) is 24.3 Å². The number of piperidine rings is 1. The number of nitrogens with one attached hydrogen (secondary N) is 2. The predicted octanol–water partition coefficient (Wildman–Crippen LogP) is 2.04. The molecule has 20 heavy (non-hydrogen) atoms. The normalized spacial score (nSPS) is 17.7. The molecule has 0 bridgehead atoms. The van der Waals surface area contributed by atoms with Gasteiger partial charge in [-0.25, -0.2) is 0 Å². The van der Waals surface area contributed by atoms with E-state index in [2.05, 4.69) is 33.2 Å². The molecule has 1 saturated heterocycles. The predicted molar refractivity (Wildman–Crippen MR) is 87.9 cm³/mol. The molecule has 110 valence electrons. The van der Waals surface area contributed by atoms with E-state index in [-0.39, 0.29) is 11.3 Å². The van der Waals surface area contributed by atoms with Crippen LogP contribution in [0.5, 0.6) is 0 Å². The smallest absolute Gasteiger partial charge is 0.251 e. The lowest BCUT2D eigenvalue weighted by Crippen LogP contribution is -2.47. The van der Waals surface area contributed by atoms with Crippen molar-refractivity contribution in [1.82, 2.24) is 10.6 Å². The maximum Gasteiger partial charge on any atom is 0.251 e. The number of hydrogen-bond acceptors (Lipinski definition) is 3. The van der Waals surface area contributed by atoms with Crippen molar-refractivity contribution in [3.8, 4) is 0 Å². The number of carbonyl (C=O) groups is 1. The highest BCUT2D eigenvalue weighted by atomic mass is 127. The van der Waals surface area contributed by atoms with E-state index >= 15 is 0 Å². The van der Waals surface area contributed by atoms with Gasteiger partial charge in [0, 0.05) is 28.2 Å². The van der Waals surface area contributed by atoms with E-state index in [1.54, 1.807) is 7.11 Å². The summed E-state index contributed by atoms with van der Waals surface area (Å²) in [5, 5.41) is 6.42. The van der Waals surface area contributed by atoms with Gasteiger partial charge in [-0.3, -0.25) is 4.79 Å². The monoisotopic (exact) mass is 388 g/mol. The fourth-order valence-electron chi connectivity index (χ4n) is 2.61. The number of ether oxygens (including phenoxy) is 1. The van der Waals surface area contributed by atoms with Crippen molar-refractivity contribution in [1.29, 1.82) is 0 Å². The van der Waals surface area contributed by atoms with Crippen LogP contribution in [-0.4, -0.2) is 39.3 Å². The molecule has 0 aliphatic carbocycles. The van der Waals surface area contributed by atoms with Crippen LogP contribution >= 0.6 is 22.6 Å². The number of carbonyl (C=O) groups excluding carboxylic acids is 1. The Morgan fingerprint density at radius 3 is 2.60 bits per heavy atom. The molecule has 0 radical (unpaired) electrons. The molecule has 1 aromatic carbocycles. The lowest BCUT2D eigenvalue weighted by molar-refractivity contribution is 0.0512. The molecule has 2 N–H and O–H groups in total. The highest BCUT2D eigenvalue weighted by Gasteiger charge is 2.32. The Morgan fingerprint density at radius 1 is 1.35 bits per heavy atom. The van der Waals surface area contributed by atoms with Crippen LogP contribution in [0.2, 0.25) is 0 Å². The minimum absolute atomic E-state index is 0.00425. The number of methoxy groups -OCH3 is 1. The van der Waals surface area contributed by atoms with Gasteiger partial charge in [0.1, 0.15) is 0 Å². The molecule has 0 atom stereocenters. The van der Waals surface area contributed by atoms with Crippen molar-refractivity contribution in [2.45, 2.75) is 12.8 Å². The van der Waals surface area contributed by atoms with Gasteiger partial charge in [0.25, 0.3) is 5.91 Å². The Labute approximate surface area is 133 Å². The molecule has 0 saturated carbocycles. The van der Waals surface area contributed by atoms with Gasteiger partial charge in [0.15, 0.2) is 0 Å². The second-order valence-electron chi connectivity index (χ2n) is 5.37. The van der Waals surface area contributed by atoms with Crippen LogP contribution < -0.4 is 10.6 Å². The van der Waals surface area contributed by atoms with Gasteiger partial charge < -0.3 is 15.4 Å². The zero-order valence-corrected chi connectivity index (χ0v) is 13.9. The summed E-state index contributed by atoms with van der Waals surface area (Å²) in [7, 11) is 1.73. The minimum atomic E-state index is -0.00425. The van der Waals surface area contributed by atoms with Crippen molar-refractivity contribution >= 4 is 28.5 Å². The van der Waals surface area contributed by atoms with Crippen molar-refractivity contribution in [2.24, 2.45) is 5.41 Å². The fourth-order valence-corrected chi connectivity index (χ4v) is 2.97. The van der Waals surface area contributed by atoms with Crippen LogP contribution in [0.4, 0.5) is 0 Å². The molecular formula is C15H21IN2O2. The van der Waals surface area contributed by atoms with Crippen molar-refractivity contribution in [3.05, 3.63) is 33.4 Å². The summed E-state index contributed by atoms with van der Waals surface area (Å²) in [6.07, 6.45) is 2.07. The summed E-state index contributed by atoms with van der Waals surface area (Å²) < 4.78 is 6.49. The third-order valence-corrected chi connectivity index (χ3v) is 4.56. The molecule has 1 aromatic rings. The van der Waals surface area contributed by atoms with E-state index in [4.69, 9.17) is 4.74 Å². The van der Waals surface area contributed by atoms with Crippen LogP contribution in [0.15, 0.2) is 24.3 Å². The Bertz CT molecular complexity index is 436. The van der Waals surface area contributed by atoms with Gasteiger partial charge in [0.2, 0.25) is 0 Å². The van der Waals surface area contributed by atoms with Gasteiger partial charge in [0.05, 0.1) is 6.61 Å². The Balaban J connectivity index is 1.94. The summed E-state index contributed by atoms with van der Waals surface area (Å²) >= 11 is 2.23. The zero-order valence-electron chi connectivity index (χ0n) is 11.7. The van der Waals surface area contributed by atoms with Crippen molar-refractivity contribution < 1.29 is 9.53 Å². The molecule has 0 unspecified atom stereocenters. The van der Waals surface area contributed by atoms with Gasteiger partial charge in [-0.1, -0.05) is 0 Å². The Kier molecular flexibility index (Phi) is 5.80. The summed E-state index contributed by atoms with van der Waals surface area (Å²) in [5.41, 5.74) is 0.783. The molecule has 1 aliphatic heterocycles. The molecule has 0 spiro atoms. The highest BCUT2D eigenvalue weighted by Crippen LogP contribution is 2.28. The average Bonchev–Trinajstić information content (AvgIpc) is 2.47. The number of hydrogen-bond donors (Lipinski definition) is 2. The molecule has 2 rings (SSSR count). The van der Waals surface area contributed by atoms with Gasteiger partial charge in [-0.2, -0.15) is 0 Å². The topological polar surface area (TPSA) is 50.4 Å². The first-order valence-corrected chi connectivity index (χ1v) is 7.97. The van der Waals surface area contributed by atoms with E-state index in [0.29, 0.717) is 18.7 Å². The summed E-state index contributed by atoms with van der Waals surface area (Å²) in [6, 6.07) is 7.63. The standard InChI is InChI=1S/C15H21IN2O2/c1-20-11-15(6-8-17-9-7-15)10-18-14(19)12-2-4-13(16)5-3-12/h2-5,17H,6-11H2,1H3,(H,18,19). The number of amides is 1. The molecule has 1 amide bonds. The summed E-state index contributed by atoms with van der Waals surface area (Å²) in [5.74, 6) is -0.00425. The van der Waals surface area contributed by atoms with Crippen molar-refractivity contribution in [3.63, 3.8) is 0 Å².